The van der Waals surface area contributed by atoms with Crippen LogP contribution in [0.1, 0.15) is 47.0 Å². The van der Waals surface area contributed by atoms with Crippen LogP contribution in [0.25, 0.3) is 0 Å². The lowest BCUT2D eigenvalue weighted by atomic mass is 9.88. The Bertz CT molecular complexity index is 130. The van der Waals surface area contributed by atoms with Crippen LogP contribution in [0.2, 0.25) is 0 Å². The fourth-order valence-electron chi connectivity index (χ4n) is 1.07. The molecule has 0 aromatic heterocycles. The summed E-state index contributed by atoms with van der Waals surface area (Å²) in [5, 5.41) is 0. The van der Waals surface area contributed by atoms with Gasteiger partial charge in [0, 0.05) is 0 Å². The lowest BCUT2D eigenvalue weighted by molar-refractivity contribution is 0.0311. The molecular formula is C10H19O2. The summed E-state index contributed by atoms with van der Waals surface area (Å²) in [5.41, 5.74) is -0.364. The maximum Gasteiger partial charge on any atom is 0.418 e. The summed E-state index contributed by atoms with van der Waals surface area (Å²) < 4.78 is 4.88. The minimum absolute atomic E-state index is 0.364. The van der Waals surface area contributed by atoms with Gasteiger partial charge < -0.3 is 4.74 Å². The van der Waals surface area contributed by atoms with E-state index in [1.165, 1.54) is 19.3 Å². The van der Waals surface area contributed by atoms with E-state index >= 15 is 0 Å². The van der Waals surface area contributed by atoms with Gasteiger partial charge in [-0.2, -0.15) is 0 Å². The molecule has 0 N–H and O–H groups in total. The van der Waals surface area contributed by atoms with Crippen molar-refractivity contribution in [3.05, 3.63) is 0 Å². The fraction of sp³-hybridized carbons (Fsp3) is 0.900. The molecule has 0 aliphatic carbocycles. The van der Waals surface area contributed by atoms with Gasteiger partial charge in [0.15, 0.2) is 0 Å². The third kappa shape index (κ3) is 3.74. The van der Waals surface area contributed by atoms with Crippen molar-refractivity contribution in [2.24, 2.45) is 5.92 Å². The van der Waals surface area contributed by atoms with Gasteiger partial charge in [0.05, 0.1) is 0 Å². The summed E-state index contributed by atoms with van der Waals surface area (Å²) >= 11 is 0. The number of hydrogen-bond acceptors (Lipinski definition) is 2. The molecule has 0 amide bonds. The van der Waals surface area contributed by atoms with E-state index < -0.39 is 0 Å². The van der Waals surface area contributed by atoms with Crippen LogP contribution in [0.4, 0.5) is 0 Å². The highest BCUT2D eigenvalue weighted by Crippen LogP contribution is 2.24. The van der Waals surface area contributed by atoms with Crippen molar-refractivity contribution in [2.75, 3.05) is 0 Å². The second-order valence-electron chi connectivity index (χ2n) is 3.83. The second-order valence-corrected chi connectivity index (χ2v) is 3.83. The molecule has 2 heteroatoms. The first-order valence-corrected chi connectivity index (χ1v) is 4.59. The number of ether oxygens (including phenoxy) is 1. The molecular weight excluding hydrogens is 152 g/mol. The summed E-state index contributed by atoms with van der Waals surface area (Å²) in [5.74, 6) is 0.402. The monoisotopic (exact) mass is 171 g/mol. The van der Waals surface area contributed by atoms with Crippen molar-refractivity contribution in [3.63, 3.8) is 0 Å². The minimum atomic E-state index is -0.364. The van der Waals surface area contributed by atoms with Crippen LogP contribution in [0, 0.1) is 5.92 Å². The number of hydrogen-bond donors (Lipinski definition) is 0. The van der Waals surface area contributed by atoms with Crippen LogP contribution >= 0.6 is 0 Å². The van der Waals surface area contributed by atoms with Crippen LogP contribution in [-0.2, 0) is 9.53 Å². The standard InChI is InChI=1S/C10H19O2/c1-5-6-7-9(2)10(3,4)12-8-11/h9H,5-7H2,1-4H3. The SMILES string of the molecule is CCCCC(C)C(C)(C)O[C]=O. The molecule has 0 heterocycles. The van der Waals surface area contributed by atoms with Gasteiger partial charge in [0.25, 0.3) is 0 Å². The Labute approximate surface area is 75.3 Å². The highest BCUT2D eigenvalue weighted by atomic mass is 16.5. The van der Waals surface area contributed by atoms with Gasteiger partial charge in [-0.3, -0.25) is 0 Å². The Morgan fingerprint density at radius 3 is 2.50 bits per heavy atom. The molecule has 1 radical (unpaired) electrons. The zero-order chi connectivity index (χ0) is 9.61. The highest BCUT2D eigenvalue weighted by molar-refractivity contribution is 5.39. The Balaban J connectivity index is 3.86. The average Bonchev–Trinajstić information content (AvgIpc) is 2.00. The third-order valence-electron chi connectivity index (χ3n) is 2.48. The van der Waals surface area contributed by atoms with Crippen LogP contribution in [0.5, 0.6) is 0 Å². The number of unbranched alkanes of at least 4 members (excludes halogenated alkanes) is 1. The fourth-order valence-corrected chi connectivity index (χ4v) is 1.07. The van der Waals surface area contributed by atoms with E-state index in [1.54, 1.807) is 0 Å². The second kappa shape index (κ2) is 5.18. The molecule has 0 spiro atoms. The summed E-state index contributed by atoms with van der Waals surface area (Å²) in [4.78, 5) is 10.1. The van der Waals surface area contributed by atoms with Crippen LogP contribution in [0.15, 0.2) is 0 Å². The first-order valence-electron chi connectivity index (χ1n) is 4.59. The summed E-state index contributed by atoms with van der Waals surface area (Å²) in [6.07, 6.45) is 3.48. The lowest BCUT2D eigenvalue weighted by Gasteiger charge is -2.29. The molecule has 0 saturated heterocycles. The highest BCUT2D eigenvalue weighted by Gasteiger charge is 2.26. The molecule has 0 rings (SSSR count). The molecule has 12 heavy (non-hydrogen) atoms. The smallest absolute Gasteiger partial charge is 0.418 e. The zero-order valence-corrected chi connectivity index (χ0v) is 8.52. The van der Waals surface area contributed by atoms with Crippen molar-refractivity contribution < 1.29 is 9.53 Å². The average molecular weight is 171 g/mol. The molecule has 0 saturated carbocycles. The Kier molecular flexibility index (Phi) is 4.95. The van der Waals surface area contributed by atoms with Crippen molar-refractivity contribution >= 4 is 6.47 Å². The van der Waals surface area contributed by atoms with Crippen molar-refractivity contribution in [1.82, 2.24) is 0 Å². The predicted molar refractivity (Wildman–Crippen MR) is 49.5 cm³/mol. The Morgan fingerprint density at radius 1 is 1.50 bits per heavy atom. The molecule has 0 bridgehead atoms. The van der Waals surface area contributed by atoms with Crippen molar-refractivity contribution in [2.45, 2.75) is 52.6 Å². The maximum atomic E-state index is 10.1. The van der Waals surface area contributed by atoms with Gasteiger partial charge in [-0.1, -0.05) is 26.7 Å². The molecule has 0 aromatic rings. The predicted octanol–water partition coefficient (Wildman–Crippen LogP) is 2.68. The minimum Gasteiger partial charge on any atom is -0.451 e. The molecule has 0 aliphatic heterocycles. The molecule has 1 atom stereocenters. The van der Waals surface area contributed by atoms with E-state index in [0.29, 0.717) is 5.92 Å². The van der Waals surface area contributed by atoms with Crippen molar-refractivity contribution in [3.8, 4) is 0 Å². The van der Waals surface area contributed by atoms with E-state index in [-0.39, 0.29) is 5.60 Å². The number of carbonyl (C=O) groups excluding carboxylic acids is 1. The molecule has 0 aromatic carbocycles. The van der Waals surface area contributed by atoms with Crippen LogP contribution in [-0.4, -0.2) is 12.1 Å². The Hall–Kier alpha value is -0.530. The maximum absolute atomic E-state index is 10.1. The lowest BCUT2D eigenvalue weighted by Crippen LogP contribution is -2.32. The summed E-state index contributed by atoms with van der Waals surface area (Å²) in [7, 11) is 0. The largest absolute Gasteiger partial charge is 0.451 e. The van der Waals surface area contributed by atoms with E-state index in [2.05, 4.69) is 13.8 Å². The Morgan fingerprint density at radius 2 is 2.08 bits per heavy atom. The first kappa shape index (κ1) is 11.5. The third-order valence-corrected chi connectivity index (χ3v) is 2.48. The normalized spacial score (nSPS) is 14.0. The quantitative estimate of drug-likeness (QED) is 0.614. The summed E-state index contributed by atoms with van der Waals surface area (Å²) in [6, 6.07) is 0. The van der Waals surface area contributed by atoms with E-state index in [9.17, 15) is 4.79 Å². The van der Waals surface area contributed by atoms with Gasteiger partial charge in [0.1, 0.15) is 5.60 Å². The number of rotatable bonds is 6. The van der Waals surface area contributed by atoms with Crippen molar-refractivity contribution in [1.29, 1.82) is 0 Å². The first-order chi connectivity index (χ1) is 5.54. The van der Waals surface area contributed by atoms with Crippen LogP contribution in [0.3, 0.4) is 0 Å². The molecule has 0 fully saturated rings. The topological polar surface area (TPSA) is 26.3 Å². The summed E-state index contributed by atoms with van der Waals surface area (Å²) in [6.45, 7) is 9.64. The van der Waals surface area contributed by atoms with Gasteiger partial charge in [-0.15, -0.1) is 0 Å². The van der Waals surface area contributed by atoms with Crippen LogP contribution < -0.4 is 0 Å². The molecule has 1 unspecified atom stereocenters. The van der Waals surface area contributed by atoms with Gasteiger partial charge in [-0.05, 0) is 26.2 Å². The molecule has 71 valence electrons. The van der Waals surface area contributed by atoms with Gasteiger partial charge >= 0.3 is 6.47 Å². The molecule has 0 aliphatic rings. The van der Waals surface area contributed by atoms with Gasteiger partial charge in [-0.25, -0.2) is 4.79 Å². The van der Waals surface area contributed by atoms with E-state index in [0.717, 1.165) is 6.42 Å². The van der Waals surface area contributed by atoms with E-state index in [1.807, 2.05) is 13.8 Å². The molecule has 2 nitrogen and oxygen atoms in total. The zero-order valence-electron chi connectivity index (χ0n) is 8.52. The van der Waals surface area contributed by atoms with E-state index in [4.69, 9.17) is 4.74 Å². The van der Waals surface area contributed by atoms with Gasteiger partial charge in [0.2, 0.25) is 0 Å².